The maximum absolute atomic E-state index is 15.1. The minimum atomic E-state index is -1.25. The molecule has 5 rings (SSSR count). The van der Waals surface area contributed by atoms with Gasteiger partial charge in [-0.1, -0.05) is 6.07 Å². The quantitative estimate of drug-likeness (QED) is 0.245. The Morgan fingerprint density at radius 2 is 1.67 bits per heavy atom. The summed E-state index contributed by atoms with van der Waals surface area (Å²) in [5, 5.41) is 17.4. The van der Waals surface area contributed by atoms with Crippen molar-refractivity contribution >= 4 is 59.9 Å². The van der Waals surface area contributed by atoms with E-state index in [1.807, 2.05) is 18.3 Å². The molecule has 0 amide bonds. The van der Waals surface area contributed by atoms with Gasteiger partial charge in [-0.3, -0.25) is 4.98 Å². The van der Waals surface area contributed by atoms with E-state index in [4.69, 9.17) is 0 Å². The number of aromatic nitrogens is 4. The van der Waals surface area contributed by atoms with Crippen molar-refractivity contribution in [3.8, 4) is 11.3 Å². The number of nitrogens with zero attached hydrogens (tertiary/aromatic N) is 4. The van der Waals surface area contributed by atoms with Gasteiger partial charge < -0.3 is 15.7 Å². The van der Waals surface area contributed by atoms with Crippen molar-refractivity contribution in [1.29, 1.82) is 0 Å². The van der Waals surface area contributed by atoms with E-state index in [1.165, 1.54) is 11.6 Å². The molecular weight excluding hydrogens is 569 g/mol. The van der Waals surface area contributed by atoms with Crippen LogP contribution < -0.4 is 10.6 Å². The van der Waals surface area contributed by atoms with Gasteiger partial charge in [-0.05, 0) is 88.0 Å². The second kappa shape index (κ2) is 13.1. The minimum Gasteiger partial charge on any atom is -0.386 e. The van der Waals surface area contributed by atoms with E-state index in [0.29, 0.717) is 28.4 Å². The Labute approximate surface area is 244 Å². The maximum atomic E-state index is 15.1. The highest BCUT2D eigenvalue weighted by Crippen LogP contribution is 2.34. The molecule has 0 atom stereocenters. The number of piperidine rings is 1. The Bertz CT molecular complexity index is 1430. The van der Waals surface area contributed by atoms with Gasteiger partial charge in [-0.15, -0.1) is 37.2 Å². The molecule has 0 saturated carbocycles. The number of halogens is 5. The van der Waals surface area contributed by atoms with Gasteiger partial charge in [0.2, 0.25) is 5.95 Å². The molecule has 0 aliphatic carbocycles. The van der Waals surface area contributed by atoms with E-state index in [1.54, 1.807) is 32.9 Å². The summed E-state index contributed by atoms with van der Waals surface area (Å²) in [6.07, 6.45) is 5.03. The third-order valence-corrected chi connectivity index (χ3v) is 6.51. The first-order valence-corrected chi connectivity index (χ1v) is 12.0. The first kappa shape index (κ1) is 32.5. The Balaban J connectivity index is 0.00000178. The summed E-state index contributed by atoms with van der Waals surface area (Å²) in [5.41, 5.74) is 1.26. The molecule has 39 heavy (non-hydrogen) atoms. The number of hydrogen-bond acceptors (Lipinski definition) is 7. The van der Waals surface area contributed by atoms with Crippen LogP contribution in [0.3, 0.4) is 0 Å². The molecule has 3 aromatic heterocycles. The van der Waals surface area contributed by atoms with Gasteiger partial charge in [0.25, 0.3) is 0 Å². The lowest BCUT2D eigenvalue weighted by atomic mass is 9.91. The summed E-state index contributed by atoms with van der Waals surface area (Å²) in [4.78, 5) is 17.1. The summed E-state index contributed by atoms with van der Waals surface area (Å²) in [7, 11) is 0. The average Bonchev–Trinajstić information content (AvgIpc) is 2.85. The van der Waals surface area contributed by atoms with Crippen LogP contribution in [-0.2, 0) is 5.60 Å². The number of rotatable bonds is 5. The predicted molar refractivity (Wildman–Crippen MR) is 157 cm³/mol. The largest absolute Gasteiger partial charge is 0.386 e. The van der Waals surface area contributed by atoms with E-state index in [9.17, 15) is 9.50 Å². The van der Waals surface area contributed by atoms with Gasteiger partial charge in [0.15, 0.2) is 5.82 Å². The van der Waals surface area contributed by atoms with Crippen LogP contribution in [0.15, 0.2) is 42.7 Å². The van der Waals surface area contributed by atoms with Gasteiger partial charge in [0.05, 0.1) is 11.8 Å². The van der Waals surface area contributed by atoms with Crippen molar-refractivity contribution < 1.29 is 13.9 Å². The lowest BCUT2D eigenvalue weighted by Gasteiger charge is -2.22. The number of aliphatic hydroxyl groups is 1. The van der Waals surface area contributed by atoms with E-state index >= 15 is 4.39 Å². The van der Waals surface area contributed by atoms with Crippen LogP contribution in [0.4, 0.5) is 20.5 Å². The van der Waals surface area contributed by atoms with E-state index in [-0.39, 0.29) is 59.9 Å². The molecule has 4 aromatic rings. The van der Waals surface area contributed by atoms with Crippen molar-refractivity contribution in [2.75, 3.05) is 18.4 Å². The minimum absolute atomic E-state index is 0. The summed E-state index contributed by atoms with van der Waals surface area (Å²) in [6, 6.07) is 8.38. The monoisotopic (exact) mass is 598 g/mol. The van der Waals surface area contributed by atoms with E-state index < -0.39 is 17.2 Å². The average molecular weight is 600 g/mol. The third-order valence-electron chi connectivity index (χ3n) is 6.51. The second-order valence-corrected chi connectivity index (χ2v) is 9.74. The van der Waals surface area contributed by atoms with Gasteiger partial charge >= 0.3 is 0 Å². The number of hydrogen-bond donors (Lipinski definition) is 3. The normalized spacial score (nSPS) is 13.7. The van der Waals surface area contributed by atoms with Crippen molar-refractivity contribution in [2.45, 2.75) is 45.1 Å². The second-order valence-electron chi connectivity index (χ2n) is 9.74. The molecule has 0 bridgehead atoms. The fourth-order valence-corrected chi connectivity index (χ4v) is 4.68. The lowest BCUT2D eigenvalue weighted by Crippen LogP contribution is -2.26. The van der Waals surface area contributed by atoms with E-state index in [0.717, 1.165) is 32.1 Å². The molecule has 0 radical (unpaired) electrons. The summed E-state index contributed by atoms with van der Waals surface area (Å²) < 4.78 is 29.9. The summed E-state index contributed by atoms with van der Waals surface area (Å²) in [5.74, 6) is -0.174. The van der Waals surface area contributed by atoms with Crippen LogP contribution in [0.2, 0.25) is 0 Å². The molecule has 1 aromatic carbocycles. The topological polar surface area (TPSA) is 95.9 Å². The SMILES string of the molecule is Cc1cc(C(C)(C)O)c2cc(-c3nc(Nc4ccc(C5CCNCC5)cn4)ncc3F)cc(F)c2n1.Cl.Cl.Cl. The molecule has 1 aliphatic heterocycles. The predicted octanol–water partition coefficient (Wildman–Crippen LogP) is 6.38. The van der Waals surface area contributed by atoms with E-state index in [2.05, 4.69) is 30.6 Å². The summed E-state index contributed by atoms with van der Waals surface area (Å²) >= 11 is 0. The highest BCUT2D eigenvalue weighted by Gasteiger charge is 2.23. The number of fused-ring (bicyclic) bond motifs is 1. The first-order chi connectivity index (χ1) is 17.2. The van der Waals surface area contributed by atoms with Crippen LogP contribution in [0.25, 0.3) is 22.2 Å². The number of nitrogens with one attached hydrogen (secondary N) is 2. The highest BCUT2D eigenvalue weighted by atomic mass is 35.5. The standard InChI is InChI=1S/C27H28F2N6O.3ClH/c1-15-10-20(27(2,3)36)19-11-18(12-21(28)25(19)33-15)24-22(29)14-32-26(35-24)34-23-5-4-17(13-31-23)16-6-8-30-9-7-16;;;/h4-5,10-14,16,30,36H,6-9H2,1-3H3,(H,31,32,34,35);3*1H. The molecule has 1 fully saturated rings. The smallest absolute Gasteiger partial charge is 0.229 e. The van der Waals surface area contributed by atoms with Crippen LogP contribution >= 0.6 is 37.2 Å². The summed E-state index contributed by atoms with van der Waals surface area (Å²) in [6.45, 7) is 6.96. The van der Waals surface area contributed by atoms with Gasteiger partial charge in [0.1, 0.15) is 22.8 Å². The Kier molecular flexibility index (Phi) is 10.9. The van der Waals surface area contributed by atoms with Crippen molar-refractivity contribution in [3.05, 3.63) is 71.2 Å². The zero-order chi connectivity index (χ0) is 25.4. The molecule has 12 heteroatoms. The maximum Gasteiger partial charge on any atom is 0.229 e. The zero-order valence-corrected chi connectivity index (χ0v) is 24.1. The Morgan fingerprint density at radius 1 is 0.949 bits per heavy atom. The van der Waals surface area contributed by atoms with Crippen LogP contribution in [0.5, 0.6) is 0 Å². The molecule has 3 N–H and O–H groups in total. The van der Waals surface area contributed by atoms with Crippen LogP contribution in [0.1, 0.15) is 49.4 Å². The number of aryl methyl sites for hydroxylation is 1. The number of benzene rings is 1. The van der Waals surface area contributed by atoms with Crippen molar-refractivity contribution in [2.24, 2.45) is 0 Å². The molecule has 0 unspecified atom stereocenters. The number of anilines is 2. The first-order valence-electron chi connectivity index (χ1n) is 12.0. The molecule has 1 aliphatic rings. The molecule has 7 nitrogen and oxygen atoms in total. The molecule has 1 saturated heterocycles. The Hall–Kier alpha value is -2.69. The Morgan fingerprint density at radius 3 is 2.31 bits per heavy atom. The molecule has 210 valence electrons. The third kappa shape index (κ3) is 7.10. The van der Waals surface area contributed by atoms with Crippen LogP contribution in [-0.4, -0.2) is 38.1 Å². The van der Waals surface area contributed by atoms with Gasteiger partial charge in [0, 0.05) is 22.8 Å². The lowest BCUT2D eigenvalue weighted by molar-refractivity contribution is 0.0800. The van der Waals surface area contributed by atoms with Gasteiger partial charge in [-0.2, -0.15) is 0 Å². The molecule has 0 spiro atoms. The zero-order valence-electron chi connectivity index (χ0n) is 21.7. The molecule has 4 heterocycles. The number of pyridine rings is 2. The van der Waals surface area contributed by atoms with Crippen molar-refractivity contribution in [1.82, 2.24) is 25.3 Å². The molecular formula is C27H31Cl3F2N6O. The van der Waals surface area contributed by atoms with Crippen molar-refractivity contribution in [3.63, 3.8) is 0 Å². The van der Waals surface area contributed by atoms with Gasteiger partial charge in [-0.25, -0.2) is 23.7 Å². The van der Waals surface area contributed by atoms with Crippen LogP contribution in [0, 0.1) is 18.6 Å². The fraction of sp³-hybridized carbons (Fsp3) is 0.333. The fourth-order valence-electron chi connectivity index (χ4n) is 4.68. The highest BCUT2D eigenvalue weighted by molar-refractivity contribution is 5.88.